The highest BCUT2D eigenvalue weighted by molar-refractivity contribution is 6.22. The zero-order valence-corrected chi connectivity index (χ0v) is 26.0. The van der Waals surface area contributed by atoms with Crippen LogP contribution in [0, 0.1) is 0 Å². The van der Waals surface area contributed by atoms with Crippen LogP contribution in [0.4, 0.5) is 0 Å². The van der Waals surface area contributed by atoms with Gasteiger partial charge in [0, 0.05) is 39.0 Å². The summed E-state index contributed by atoms with van der Waals surface area (Å²) >= 11 is 0. The van der Waals surface area contributed by atoms with Crippen LogP contribution in [0.5, 0.6) is 0 Å². The van der Waals surface area contributed by atoms with Crippen molar-refractivity contribution in [3.05, 3.63) is 170 Å². The fraction of sp³-hybridized carbons (Fsp3) is 0. The summed E-state index contributed by atoms with van der Waals surface area (Å²) in [7, 11) is 0. The minimum atomic E-state index is 0.657. The van der Waals surface area contributed by atoms with Crippen molar-refractivity contribution < 1.29 is 0 Å². The highest BCUT2D eigenvalue weighted by atomic mass is 14.9. The summed E-state index contributed by atoms with van der Waals surface area (Å²) in [5.41, 5.74) is 9.64. The molecule has 0 aliphatic rings. The van der Waals surface area contributed by atoms with Gasteiger partial charge in [-0.1, -0.05) is 133 Å². The maximum atomic E-state index is 5.19. The second-order valence-electron chi connectivity index (χ2n) is 11.9. The number of fused-ring (bicyclic) bond motifs is 5. The van der Waals surface area contributed by atoms with Crippen LogP contribution in [-0.2, 0) is 0 Å². The summed E-state index contributed by atoms with van der Waals surface area (Å²) in [5, 5.41) is 5.99. The summed E-state index contributed by atoms with van der Waals surface area (Å²) in [4.78, 5) is 19.9. The van der Waals surface area contributed by atoms with Crippen LogP contribution < -0.4 is 0 Å². The molecule has 0 spiro atoms. The van der Waals surface area contributed by atoms with E-state index >= 15 is 0 Å². The van der Waals surface area contributed by atoms with E-state index in [9.17, 15) is 0 Å². The number of benzene rings is 6. The number of para-hydroxylation sites is 1. The highest BCUT2D eigenvalue weighted by Crippen LogP contribution is 2.38. The Kier molecular flexibility index (Phi) is 6.76. The molecular weight excluding hydrogens is 585 g/mol. The lowest BCUT2D eigenvalue weighted by Crippen LogP contribution is -1.97. The molecule has 0 bridgehead atoms. The van der Waals surface area contributed by atoms with Crippen LogP contribution in [0.1, 0.15) is 0 Å². The maximum absolute atomic E-state index is 5.19. The molecule has 0 amide bonds. The average Bonchev–Trinajstić information content (AvgIpc) is 3.18. The Morgan fingerprint density at radius 3 is 1.92 bits per heavy atom. The first-order chi connectivity index (χ1) is 23.8. The molecule has 0 aliphatic heterocycles. The van der Waals surface area contributed by atoms with Crippen molar-refractivity contribution in [1.29, 1.82) is 0 Å². The van der Waals surface area contributed by atoms with Crippen molar-refractivity contribution in [3.63, 3.8) is 0 Å². The third-order valence-corrected chi connectivity index (χ3v) is 8.93. The first-order valence-corrected chi connectivity index (χ1v) is 16.1. The summed E-state index contributed by atoms with van der Waals surface area (Å²) in [6.07, 6.45) is 1.80. The van der Waals surface area contributed by atoms with Crippen LogP contribution in [-0.4, -0.2) is 19.9 Å². The maximum Gasteiger partial charge on any atom is 0.160 e. The van der Waals surface area contributed by atoms with Gasteiger partial charge in [-0.15, -0.1) is 0 Å². The fourth-order valence-electron chi connectivity index (χ4n) is 6.58. The van der Waals surface area contributed by atoms with Crippen LogP contribution in [0.3, 0.4) is 0 Å². The third-order valence-electron chi connectivity index (χ3n) is 8.93. The lowest BCUT2D eigenvalue weighted by Gasteiger charge is -2.13. The standard InChI is InChI=1S/C44H28N4/c1-2-11-29(12-3-1)33-14-10-15-34(27-33)44-47-40(28-41(48-44)39-19-8-9-26-45-39)31-20-22-32(23-21-31)43-37-25-24-30-13-4-5-16-35(30)42(37)36-17-6-7-18-38(36)46-43/h1-28H. The van der Waals surface area contributed by atoms with Crippen molar-refractivity contribution in [2.45, 2.75) is 0 Å². The molecule has 0 radical (unpaired) electrons. The predicted molar refractivity (Wildman–Crippen MR) is 197 cm³/mol. The van der Waals surface area contributed by atoms with Gasteiger partial charge in [-0.2, -0.15) is 0 Å². The van der Waals surface area contributed by atoms with Crippen LogP contribution in [0.2, 0.25) is 0 Å². The molecule has 0 aliphatic carbocycles. The Labute approximate surface area is 278 Å². The van der Waals surface area contributed by atoms with E-state index in [1.165, 1.54) is 16.2 Å². The van der Waals surface area contributed by atoms with Crippen molar-refractivity contribution in [3.8, 4) is 56.4 Å². The summed E-state index contributed by atoms with van der Waals surface area (Å²) in [5.74, 6) is 0.657. The molecule has 0 N–H and O–H groups in total. The van der Waals surface area contributed by atoms with E-state index < -0.39 is 0 Å². The number of rotatable bonds is 5. The molecule has 3 heterocycles. The molecule has 6 aromatic carbocycles. The van der Waals surface area contributed by atoms with Crippen molar-refractivity contribution in [2.24, 2.45) is 0 Å². The summed E-state index contributed by atoms with van der Waals surface area (Å²) in [6, 6.07) is 56.7. The van der Waals surface area contributed by atoms with Gasteiger partial charge in [0.1, 0.15) is 0 Å². The normalized spacial score (nSPS) is 11.3. The lowest BCUT2D eigenvalue weighted by atomic mass is 9.95. The Morgan fingerprint density at radius 2 is 1.06 bits per heavy atom. The van der Waals surface area contributed by atoms with E-state index in [0.717, 1.165) is 66.9 Å². The highest BCUT2D eigenvalue weighted by Gasteiger charge is 2.15. The monoisotopic (exact) mass is 612 g/mol. The number of nitrogens with zero attached hydrogens (tertiary/aromatic N) is 4. The number of hydrogen-bond donors (Lipinski definition) is 0. The fourth-order valence-corrected chi connectivity index (χ4v) is 6.58. The third kappa shape index (κ3) is 4.97. The molecule has 4 nitrogen and oxygen atoms in total. The Hall–Kier alpha value is -6.52. The topological polar surface area (TPSA) is 51.6 Å². The van der Waals surface area contributed by atoms with Crippen LogP contribution >= 0.6 is 0 Å². The van der Waals surface area contributed by atoms with E-state index in [4.69, 9.17) is 15.0 Å². The van der Waals surface area contributed by atoms with Gasteiger partial charge in [0.2, 0.25) is 0 Å². The molecule has 3 aromatic heterocycles. The first kappa shape index (κ1) is 27.8. The molecular formula is C44H28N4. The first-order valence-electron chi connectivity index (χ1n) is 16.1. The van der Waals surface area contributed by atoms with Gasteiger partial charge in [0.05, 0.1) is 28.3 Å². The van der Waals surface area contributed by atoms with E-state index in [0.29, 0.717) is 5.82 Å². The minimum absolute atomic E-state index is 0.657. The van der Waals surface area contributed by atoms with Crippen LogP contribution in [0.15, 0.2) is 170 Å². The molecule has 9 aromatic rings. The Morgan fingerprint density at radius 1 is 0.354 bits per heavy atom. The van der Waals surface area contributed by atoms with E-state index in [1.54, 1.807) is 6.20 Å². The van der Waals surface area contributed by atoms with Crippen molar-refractivity contribution in [1.82, 2.24) is 19.9 Å². The summed E-state index contributed by atoms with van der Waals surface area (Å²) < 4.78 is 0. The predicted octanol–water partition coefficient (Wildman–Crippen LogP) is 11.1. The lowest BCUT2D eigenvalue weighted by molar-refractivity contribution is 1.16. The van der Waals surface area contributed by atoms with E-state index in [-0.39, 0.29) is 0 Å². The average molecular weight is 613 g/mol. The molecule has 0 saturated heterocycles. The number of aromatic nitrogens is 4. The molecule has 0 saturated carbocycles. The SMILES string of the molecule is c1ccc(-c2cccc(-c3nc(-c4ccc(-c5nc6ccccc6c6c5ccc5ccccc56)cc4)cc(-c4ccccn4)n3)c2)cc1. The Bertz CT molecular complexity index is 2580. The molecule has 0 fully saturated rings. The molecule has 9 rings (SSSR count). The van der Waals surface area contributed by atoms with Gasteiger partial charge in [-0.25, -0.2) is 15.0 Å². The van der Waals surface area contributed by atoms with Gasteiger partial charge in [0.25, 0.3) is 0 Å². The van der Waals surface area contributed by atoms with Gasteiger partial charge in [-0.3, -0.25) is 4.98 Å². The van der Waals surface area contributed by atoms with Gasteiger partial charge in [-0.05, 0) is 52.2 Å². The van der Waals surface area contributed by atoms with E-state index in [1.807, 2.05) is 30.3 Å². The van der Waals surface area contributed by atoms with E-state index in [2.05, 4.69) is 138 Å². The van der Waals surface area contributed by atoms with Crippen molar-refractivity contribution in [2.75, 3.05) is 0 Å². The molecule has 224 valence electrons. The molecule has 48 heavy (non-hydrogen) atoms. The largest absolute Gasteiger partial charge is 0.255 e. The second kappa shape index (κ2) is 11.7. The van der Waals surface area contributed by atoms with Gasteiger partial charge >= 0.3 is 0 Å². The minimum Gasteiger partial charge on any atom is -0.255 e. The number of pyridine rings is 2. The smallest absolute Gasteiger partial charge is 0.160 e. The number of hydrogen-bond acceptors (Lipinski definition) is 4. The van der Waals surface area contributed by atoms with Crippen molar-refractivity contribution >= 4 is 32.4 Å². The zero-order chi connectivity index (χ0) is 31.9. The summed E-state index contributed by atoms with van der Waals surface area (Å²) in [6.45, 7) is 0. The molecule has 4 heteroatoms. The molecule has 0 unspecified atom stereocenters. The zero-order valence-electron chi connectivity index (χ0n) is 26.0. The Balaban J connectivity index is 1.18. The molecule has 0 atom stereocenters. The van der Waals surface area contributed by atoms with Gasteiger partial charge < -0.3 is 0 Å². The second-order valence-corrected chi connectivity index (χ2v) is 11.9. The van der Waals surface area contributed by atoms with Crippen LogP contribution in [0.25, 0.3) is 88.9 Å². The van der Waals surface area contributed by atoms with Gasteiger partial charge in [0.15, 0.2) is 5.82 Å². The quantitative estimate of drug-likeness (QED) is 0.181.